The summed E-state index contributed by atoms with van der Waals surface area (Å²) in [6.07, 6.45) is 3.26. The van der Waals surface area contributed by atoms with Crippen LogP contribution in [-0.2, 0) is 6.54 Å². The van der Waals surface area contributed by atoms with Crippen LogP contribution in [0.2, 0.25) is 0 Å². The molecule has 0 atom stereocenters. The van der Waals surface area contributed by atoms with Crippen LogP contribution >= 0.6 is 0 Å². The fourth-order valence-electron chi connectivity index (χ4n) is 2.45. The molecule has 3 aromatic rings. The van der Waals surface area contributed by atoms with Crippen molar-refractivity contribution < 1.29 is 9.53 Å². The van der Waals surface area contributed by atoms with Crippen LogP contribution in [-0.4, -0.2) is 18.0 Å². The number of pyridine rings is 1. The number of amides is 1. The van der Waals surface area contributed by atoms with E-state index in [9.17, 15) is 4.79 Å². The van der Waals surface area contributed by atoms with Crippen LogP contribution in [0.15, 0.2) is 79.1 Å². The highest BCUT2D eigenvalue weighted by molar-refractivity contribution is 6.05. The lowest BCUT2D eigenvalue weighted by Crippen LogP contribution is -2.30. The molecule has 120 valence electrons. The van der Waals surface area contributed by atoms with Crippen LogP contribution < -0.4 is 9.64 Å². The average Bonchev–Trinajstić information content (AvgIpc) is 2.67. The number of carbonyl (C=O) groups is 1. The monoisotopic (exact) mass is 318 g/mol. The van der Waals surface area contributed by atoms with Crippen LogP contribution in [0.3, 0.4) is 0 Å². The van der Waals surface area contributed by atoms with Crippen LogP contribution in [0.1, 0.15) is 15.9 Å². The molecule has 0 saturated heterocycles. The Bertz CT molecular complexity index is 787. The second-order valence-corrected chi connectivity index (χ2v) is 5.31. The van der Waals surface area contributed by atoms with E-state index in [0.717, 1.165) is 17.0 Å². The number of carbonyl (C=O) groups excluding carboxylic acids is 1. The lowest BCUT2D eigenvalue weighted by Gasteiger charge is -2.23. The first kappa shape index (κ1) is 15.7. The molecule has 0 aliphatic carbocycles. The maximum Gasteiger partial charge on any atom is 0.258 e. The molecule has 0 fully saturated rings. The molecule has 0 unspecified atom stereocenters. The van der Waals surface area contributed by atoms with E-state index in [0.29, 0.717) is 12.1 Å². The van der Waals surface area contributed by atoms with Crippen molar-refractivity contribution in [1.82, 2.24) is 4.98 Å². The first-order valence-corrected chi connectivity index (χ1v) is 7.68. The van der Waals surface area contributed by atoms with E-state index in [-0.39, 0.29) is 5.91 Å². The lowest BCUT2D eigenvalue weighted by atomic mass is 10.1. The van der Waals surface area contributed by atoms with Gasteiger partial charge >= 0.3 is 0 Å². The zero-order valence-electron chi connectivity index (χ0n) is 13.4. The molecular formula is C20H18N2O2. The van der Waals surface area contributed by atoms with E-state index >= 15 is 0 Å². The van der Waals surface area contributed by atoms with Gasteiger partial charge in [-0.15, -0.1) is 0 Å². The second-order valence-electron chi connectivity index (χ2n) is 5.31. The third-order valence-corrected chi connectivity index (χ3v) is 3.74. The first-order chi connectivity index (χ1) is 11.8. The van der Waals surface area contributed by atoms with E-state index in [2.05, 4.69) is 4.98 Å². The summed E-state index contributed by atoms with van der Waals surface area (Å²) in [6, 6.07) is 20.8. The number of anilines is 1. The number of ether oxygens (including phenoxy) is 1. The highest BCUT2D eigenvalue weighted by Gasteiger charge is 2.18. The number of methoxy groups -OCH3 is 1. The van der Waals surface area contributed by atoms with Gasteiger partial charge in [-0.1, -0.05) is 30.3 Å². The summed E-state index contributed by atoms with van der Waals surface area (Å²) < 4.78 is 5.19. The predicted octanol–water partition coefficient (Wildman–Crippen LogP) is 3.94. The van der Waals surface area contributed by atoms with E-state index in [1.54, 1.807) is 36.5 Å². The zero-order valence-corrected chi connectivity index (χ0v) is 13.4. The van der Waals surface area contributed by atoms with Crippen molar-refractivity contribution in [1.29, 1.82) is 0 Å². The van der Waals surface area contributed by atoms with Crippen LogP contribution in [0.4, 0.5) is 5.69 Å². The van der Waals surface area contributed by atoms with Crippen LogP contribution in [0.25, 0.3) is 0 Å². The van der Waals surface area contributed by atoms with Crippen molar-refractivity contribution >= 4 is 11.6 Å². The Morgan fingerprint density at radius 3 is 2.25 bits per heavy atom. The Hall–Kier alpha value is -3.14. The molecule has 0 radical (unpaired) electrons. The molecule has 24 heavy (non-hydrogen) atoms. The SMILES string of the molecule is COc1ccc(CN(C(=O)c2ccncc2)c2ccccc2)cc1. The van der Waals surface area contributed by atoms with Crippen LogP contribution in [0, 0.1) is 0 Å². The summed E-state index contributed by atoms with van der Waals surface area (Å²) in [7, 11) is 1.64. The fraction of sp³-hybridized carbons (Fsp3) is 0.100. The highest BCUT2D eigenvalue weighted by atomic mass is 16.5. The van der Waals surface area contributed by atoms with E-state index in [1.807, 2.05) is 54.6 Å². The average molecular weight is 318 g/mol. The van der Waals surface area contributed by atoms with Gasteiger partial charge in [0.1, 0.15) is 5.75 Å². The number of rotatable bonds is 5. The number of nitrogens with zero attached hydrogens (tertiary/aromatic N) is 2. The van der Waals surface area contributed by atoms with Gasteiger partial charge in [0.2, 0.25) is 0 Å². The summed E-state index contributed by atoms with van der Waals surface area (Å²) in [4.78, 5) is 18.7. The maximum absolute atomic E-state index is 12.9. The van der Waals surface area contributed by atoms with Gasteiger partial charge in [0, 0.05) is 23.6 Å². The Labute approximate surface area is 141 Å². The van der Waals surface area contributed by atoms with Crippen molar-refractivity contribution in [3.8, 4) is 5.75 Å². The Kier molecular flexibility index (Phi) is 4.87. The summed E-state index contributed by atoms with van der Waals surface area (Å²) in [5.74, 6) is 0.741. The summed E-state index contributed by atoms with van der Waals surface area (Å²) in [5.41, 5.74) is 2.50. The Balaban J connectivity index is 1.91. The molecule has 1 amide bonds. The zero-order chi connectivity index (χ0) is 16.8. The predicted molar refractivity (Wildman–Crippen MR) is 94.2 cm³/mol. The molecule has 0 spiro atoms. The molecule has 1 aromatic heterocycles. The van der Waals surface area contributed by atoms with Gasteiger partial charge in [-0.05, 0) is 42.0 Å². The highest BCUT2D eigenvalue weighted by Crippen LogP contribution is 2.21. The molecule has 0 N–H and O–H groups in total. The van der Waals surface area contributed by atoms with Gasteiger partial charge in [0.25, 0.3) is 5.91 Å². The van der Waals surface area contributed by atoms with Crippen molar-refractivity contribution in [3.05, 3.63) is 90.3 Å². The molecule has 0 bridgehead atoms. The lowest BCUT2D eigenvalue weighted by molar-refractivity contribution is 0.0985. The molecule has 0 aliphatic heterocycles. The van der Waals surface area contributed by atoms with Gasteiger partial charge in [-0.25, -0.2) is 0 Å². The van der Waals surface area contributed by atoms with Gasteiger partial charge in [0.15, 0.2) is 0 Å². The molecule has 3 rings (SSSR count). The van der Waals surface area contributed by atoms with E-state index in [4.69, 9.17) is 4.74 Å². The van der Waals surface area contributed by atoms with Gasteiger partial charge in [0.05, 0.1) is 13.7 Å². The van der Waals surface area contributed by atoms with Gasteiger partial charge in [-0.2, -0.15) is 0 Å². The Morgan fingerprint density at radius 2 is 1.62 bits per heavy atom. The molecular weight excluding hydrogens is 300 g/mol. The topological polar surface area (TPSA) is 42.4 Å². The number of para-hydroxylation sites is 1. The molecule has 0 aliphatic rings. The number of aromatic nitrogens is 1. The smallest absolute Gasteiger partial charge is 0.258 e. The van der Waals surface area contributed by atoms with Crippen molar-refractivity contribution in [2.45, 2.75) is 6.54 Å². The first-order valence-electron chi connectivity index (χ1n) is 7.68. The normalized spacial score (nSPS) is 10.2. The number of benzene rings is 2. The molecule has 4 nitrogen and oxygen atoms in total. The molecule has 4 heteroatoms. The van der Waals surface area contributed by atoms with E-state index in [1.165, 1.54) is 0 Å². The molecule has 2 aromatic carbocycles. The fourth-order valence-corrected chi connectivity index (χ4v) is 2.45. The standard InChI is InChI=1S/C20H18N2O2/c1-24-19-9-7-16(8-10-19)15-22(18-5-3-2-4-6-18)20(23)17-11-13-21-14-12-17/h2-14H,15H2,1H3. The number of hydrogen-bond donors (Lipinski definition) is 0. The summed E-state index contributed by atoms with van der Waals surface area (Å²) in [5, 5.41) is 0. The van der Waals surface area contributed by atoms with E-state index < -0.39 is 0 Å². The maximum atomic E-state index is 12.9. The largest absolute Gasteiger partial charge is 0.497 e. The minimum atomic E-state index is -0.0561. The molecule has 1 heterocycles. The minimum absolute atomic E-state index is 0.0561. The minimum Gasteiger partial charge on any atom is -0.497 e. The third-order valence-electron chi connectivity index (χ3n) is 3.74. The molecule has 0 saturated carbocycles. The summed E-state index contributed by atoms with van der Waals surface area (Å²) in [6.45, 7) is 0.481. The van der Waals surface area contributed by atoms with Gasteiger partial charge < -0.3 is 9.64 Å². The van der Waals surface area contributed by atoms with Crippen LogP contribution in [0.5, 0.6) is 5.75 Å². The Morgan fingerprint density at radius 1 is 0.958 bits per heavy atom. The number of hydrogen-bond acceptors (Lipinski definition) is 3. The second kappa shape index (κ2) is 7.42. The third kappa shape index (κ3) is 3.60. The van der Waals surface area contributed by atoms with Crippen molar-refractivity contribution in [3.63, 3.8) is 0 Å². The van der Waals surface area contributed by atoms with Gasteiger partial charge in [-0.3, -0.25) is 9.78 Å². The quantitative estimate of drug-likeness (QED) is 0.715. The van der Waals surface area contributed by atoms with Crippen molar-refractivity contribution in [2.24, 2.45) is 0 Å². The summed E-state index contributed by atoms with van der Waals surface area (Å²) >= 11 is 0. The van der Waals surface area contributed by atoms with Crippen molar-refractivity contribution in [2.75, 3.05) is 12.0 Å².